The molecule has 57 heavy (non-hydrogen) atoms. The van der Waals surface area contributed by atoms with Crippen LogP contribution in [0.1, 0.15) is 126 Å². The van der Waals surface area contributed by atoms with Gasteiger partial charge in [0, 0.05) is 17.3 Å². The highest BCUT2D eigenvalue weighted by Gasteiger charge is 2.44. The summed E-state index contributed by atoms with van der Waals surface area (Å²) in [5, 5.41) is 2.64. The third-order valence-electron chi connectivity index (χ3n) is 10.3. The molecule has 0 aliphatic carbocycles. The maximum Gasteiger partial charge on any atom is 0.333 e. The van der Waals surface area contributed by atoms with E-state index in [-0.39, 0.29) is 70.2 Å². The predicted octanol–water partition coefficient (Wildman–Crippen LogP) is 5.50. The van der Waals surface area contributed by atoms with E-state index in [1.54, 1.807) is 55.4 Å². The SMILES string of the molecule is C=C(C)C(=O)OCC(CC)(COC(=O)C(C)(C)CC)COC(=O)C(C)(C)CC(CC(C)(CC)C(=O)OCCNC(=O)Cc1nc(=O)cc(C)[nH]1)C(=O)OCCCC. The number of esters is 5. The molecule has 15 heteroatoms. The van der Waals surface area contributed by atoms with Gasteiger partial charge in [0.15, 0.2) is 0 Å². The third-order valence-corrected chi connectivity index (χ3v) is 10.3. The summed E-state index contributed by atoms with van der Waals surface area (Å²) < 4.78 is 28.2. The van der Waals surface area contributed by atoms with Gasteiger partial charge in [-0.05, 0) is 87.0 Å². The summed E-state index contributed by atoms with van der Waals surface area (Å²) in [6.07, 6.45) is 2.38. The number of carbonyl (C=O) groups excluding carboxylic acids is 6. The molecule has 3 unspecified atom stereocenters. The molecule has 1 heterocycles. The smallest absolute Gasteiger partial charge is 0.333 e. The summed E-state index contributed by atoms with van der Waals surface area (Å²) >= 11 is 0. The van der Waals surface area contributed by atoms with Crippen LogP contribution in [-0.4, -0.2) is 85.3 Å². The van der Waals surface area contributed by atoms with E-state index in [1.807, 2.05) is 13.8 Å². The van der Waals surface area contributed by atoms with Crippen molar-refractivity contribution in [3.63, 3.8) is 0 Å². The van der Waals surface area contributed by atoms with Crippen molar-refractivity contribution in [3.05, 3.63) is 40.1 Å². The van der Waals surface area contributed by atoms with Gasteiger partial charge in [0.1, 0.15) is 32.3 Å². The van der Waals surface area contributed by atoms with E-state index in [4.69, 9.17) is 23.7 Å². The van der Waals surface area contributed by atoms with Gasteiger partial charge in [0.05, 0.1) is 47.2 Å². The Morgan fingerprint density at radius 1 is 0.789 bits per heavy atom. The van der Waals surface area contributed by atoms with Crippen LogP contribution in [0.25, 0.3) is 0 Å². The van der Waals surface area contributed by atoms with E-state index in [0.717, 1.165) is 6.42 Å². The molecular weight excluding hydrogens is 738 g/mol. The first-order valence-corrected chi connectivity index (χ1v) is 19.8. The zero-order chi connectivity index (χ0) is 43.6. The minimum atomic E-state index is -1.26. The topological polar surface area (TPSA) is 206 Å². The number of aryl methyl sites for hydroxylation is 1. The second-order valence-corrected chi connectivity index (χ2v) is 16.5. The molecule has 3 atom stereocenters. The van der Waals surface area contributed by atoms with E-state index in [9.17, 15) is 33.6 Å². The first-order valence-electron chi connectivity index (χ1n) is 19.8. The molecule has 2 N–H and O–H groups in total. The van der Waals surface area contributed by atoms with E-state index < -0.39 is 68.9 Å². The van der Waals surface area contributed by atoms with Crippen LogP contribution in [0.15, 0.2) is 23.0 Å². The highest BCUT2D eigenvalue weighted by Crippen LogP contribution is 2.39. The molecule has 1 amide bonds. The lowest BCUT2D eigenvalue weighted by Crippen LogP contribution is -2.42. The van der Waals surface area contributed by atoms with E-state index in [0.29, 0.717) is 31.4 Å². The summed E-state index contributed by atoms with van der Waals surface area (Å²) in [7, 11) is 0. The molecule has 0 aliphatic heterocycles. The molecule has 1 aromatic rings. The Labute approximate surface area is 337 Å². The Morgan fingerprint density at radius 2 is 1.39 bits per heavy atom. The maximum atomic E-state index is 13.8. The summed E-state index contributed by atoms with van der Waals surface area (Å²) in [6, 6.07) is 1.32. The summed E-state index contributed by atoms with van der Waals surface area (Å²) in [4.78, 5) is 96.9. The van der Waals surface area contributed by atoms with Crippen molar-refractivity contribution in [2.24, 2.45) is 27.6 Å². The first kappa shape index (κ1) is 50.5. The normalized spacial score (nSPS) is 14.2. The van der Waals surface area contributed by atoms with E-state index in [2.05, 4.69) is 21.9 Å². The largest absolute Gasteiger partial charge is 0.465 e. The lowest BCUT2D eigenvalue weighted by molar-refractivity contribution is -0.171. The Kier molecular flexibility index (Phi) is 20.4. The van der Waals surface area contributed by atoms with Gasteiger partial charge in [0.2, 0.25) is 5.91 Å². The monoisotopic (exact) mass is 805 g/mol. The lowest BCUT2D eigenvalue weighted by atomic mass is 9.73. The zero-order valence-corrected chi connectivity index (χ0v) is 36.1. The number of aromatic amines is 1. The molecule has 0 radical (unpaired) electrons. The number of hydrogen-bond donors (Lipinski definition) is 2. The quantitative estimate of drug-likeness (QED) is 0.0514. The maximum absolute atomic E-state index is 13.8. The van der Waals surface area contributed by atoms with Gasteiger partial charge in [0.25, 0.3) is 5.56 Å². The molecule has 0 fully saturated rings. The Balaban J connectivity index is 3.15. The number of H-pyrrole nitrogens is 1. The summed E-state index contributed by atoms with van der Waals surface area (Å²) in [5.41, 5.74) is -3.96. The number of amides is 1. The number of nitrogens with zero attached hydrogens (tertiary/aromatic N) is 1. The van der Waals surface area contributed by atoms with Crippen LogP contribution in [0.3, 0.4) is 0 Å². The van der Waals surface area contributed by atoms with Crippen molar-refractivity contribution in [3.8, 4) is 0 Å². The van der Waals surface area contributed by atoms with Crippen LogP contribution in [-0.2, 0) is 58.9 Å². The number of aromatic nitrogens is 2. The molecule has 0 aromatic carbocycles. The molecule has 1 aromatic heterocycles. The lowest BCUT2D eigenvalue weighted by Gasteiger charge is -2.35. The van der Waals surface area contributed by atoms with Gasteiger partial charge in [-0.2, -0.15) is 4.98 Å². The van der Waals surface area contributed by atoms with Crippen LogP contribution in [0, 0.1) is 34.5 Å². The van der Waals surface area contributed by atoms with Crippen molar-refractivity contribution in [1.29, 1.82) is 0 Å². The Bertz CT molecular complexity index is 1620. The fourth-order valence-corrected chi connectivity index (χ4v) is 5.48. The number of ether oxygens (including phenoxy) is 5. The molecule has 0 bridgehead atoms. The fourth-order valence-electron chi connectivity index (χ4n) is 5.48. The molecule has 0 aliphatic rings. The first-order chi connectivity index (χ1) is 26.5. The average Bonchev–Trinajstić information content (AvgIpc) is 3.14. The summed E-state index contributed by atoms with van der Waals surface area (Å²) in [5.74, 6) is -4.01. The average molecular weight is 806 g/mol. The highest BCUT2D eigenvalue weighted by molar-refractivity contribution is 5.87. The molecule has 0 saturated heterocycles. The van der Waals surface area contributed by atoms with Crippen molar-refractivity contribution in [1.82, 2.24) is 15.3 Å². The van der Waals surface area contributed by atoms with Crippen molar-refractivity contribution in [2.75, 3.05) is 39.6 Å². The van der Waals surface area contributed by atoms with Crippen molar-refractivity contribution in [2.45, 2.75) is 128 Å². The van der Waals surface area contributed by atoms with Crippen LogP contribution in [0.4, 0.5) is 0 Å². The summed E-state index contributed by atoms with van der Waals surface area (Å²) in [6.45, 7) is 22.1. The van der Waals surface area contributed by atoms with E-state index >= 15 is 0 Å². The minimum absolute atomic E-state index is 0.00166. The van der Waals surface area contributed by atoms with Gasteiger partial charge in [-0.3, -0.25) is 28.8 Å². The number of unbranched alkanes of at least 4 members (excludes halogenated alkanes) is 1. The van der Waals surface area contributed by atoms with Crippen molar-refractivity contribution < 1.29 is 52.5 Å². The van der Waals surface area contributed by atoms with Gasteiger partial charge < -0.3 is 34.0 Å². The van der Waals surface area contributed by atoms with Gasteiger partial charge in [-0.15, -0.1) is 0 Å². The number of carbonyl (C=O) groups is 6. The predicted molar refractivity (Wildman–Crippen MR) is 213 cm³/mol. The number of hydrogen-bond acceptors (Lipinski definition) is 13. The Morgan fingerprint density at radius 3 is 1.91 bits per heavy atom. The molecule has 322 valence electrons. The van der Waals surface area contributed by atoms with Crippen LogP contribution in [0.5, 0.6) is 0 Å². The van der Waals surface area contributed by atoms with Crippen LogP contribution in [0.2, 0.25) is 0 Å². The molecule has 15 nitrogen and oxygen atoms in total. The second kappa shape index (κ2) is 23.0. The van der Waals surface area contributed by atoms with Gasteiger partial charge in [-0.1, -0.05) is 40.7 Å². The molecule has 0 spiro atoms. The Hall–Kier alpha value is -4.56. The third kappa shape index (κ3) is 16.8. The van der Waals surface area contributed by atoms with Crippen molar-refractivity contribution >= 4 is 35.8 Å². The van der Waals surface area contributed by atoms with E-state index in [1.165, 1.54) is 13.0 Å². The van der Waals surface area contributed by atoms with Crippen LogP contribution < -0.4 is 10.9 Å². The van der Waals surface area contributed by atoms with Gasteiger partial charge in [-0.25, -0.2) is 4.79 Å². The fraction of sp³-hybridized carbons (Fsp3) is 0.714. The molecule has 0 saturated carbocycles. The second-order valence-electron chi connectivity index (χ2n) is 16.5. The zero-order valence-electron chi connectivity index (χ0n) is 36.1. The minimum Gasteiger partial charge on any atom is -0.465 e. The number of nitrogens with one attached hydrogen (secondary N) is 2. The molecular formula is C42H67N3O12. The standard InChI is InChI=1S/C42H67N3O12/c1-13-17-19-53-35(49)30(24-41(12,15-3)38(52)54-20-18-43-32(46)22-31-44-29(7)21-33(47)45-31)23-40(10,11)37(51)57-27-42(16-4,25-55-34(48)28(5)6)26-56-36(50)39(8,9)14-2/h21,30H,5,13-20,22-27H2,1-4,6-12H3,(H,43,46)(H,44,45,47). The van der Waals surface area contributed by atoms with Crippen LogP contribution >= 0.6 is 0 Å². The molecule has 1 rings (SSSR count). The van der Waals surface area contributed by atoms with Gasteiger partial charge >= 0.3 is 29.8 Å². The number of rotatable bonds is 26. The highest BCUT2D eigenvalue weighted by atomic mass is 16.6.